The summed E-state index contributed by atoms with van der Waals surface area (Å²) in [5, 5.41) is 9.63. The molecule has 0 aliphatic heterocycles. The Bertz CT molecular complexity index is 104. The lowest BCUT2D eigenvalue weighted by Crippen LogP contribution is -2.33. The first-order chi connectivity index (χ1) is 4.61. The third kappa shape index (κ3) is 1.64. The Kier molecular flexibility index (Phi) is 2.59. The molecule has 4 atom stereocenters. The molecule has 1 nitrogen and oxygen atoms in total. The molecule has 4 unspecified atom stereocenters. The molecule has 0 aromatic rings. The lowest BCUT2D eigenvalue weighted by Gasteiger charge is -2.33. The highest BCUT2D eigenvalue weighted by molar-refractivity contribution is 6.20. The zero-order valence-electron chi connectivity index (χ0n) is 6.55. The van der Waals surface area contributed by atoms with Crippen LogP contribution in [0.1, 0.15) is 26.7 Å². The molecule has 1 rings (SSSR count). The van der Waals surface area contributed by atoms with Crippen LogP contribution in [0.4, 0.5) is 0 Å². The van der Waals surface area contributed by atoms with Crippen LogP contribution >= 0.6 is 11.6 Å². The summed E-state index contributed by atoms with van der Waals surface area (Å²) in [5.74, 6) is 1.00. The van der Waals surface area contributed by atoms with E-state index in [1.165, 1.54) is 0 Å². The lowest BCUT2D eigenvalue weighted by molar-refractivity contribution is 0.0506. The Hall–Kier alpha value is 0.250. The predicted octanol–water partition coefficient (Wildman–Crippen LogP) is 2.02. The summed E-state index contributed by atoms with van der Waals surface area (Å²) in [4.78, 5) is 0. The molecule has 0 radical (unpaired) electrons. The number of aliphatic hydroxyl groups excluding tert-OH is 1. The molecule has 0 spiro atoms. The van der Waals surface area contributed by atoms with Crippen LogP contribution < -0.4 is 0 Å². The Labute approximate surface area is 67.4 Å². The zero-order valence-corrected chi connectivity index (χ0v) is 7.30. The van der Waals surface area contributed by atoms with Gasteiger partial charge < -0.3 is 5.11 Å². The van der Waals surface area contributed by atoms with E-state index in [9.17, 15) is 5.11 Å². The molecule has 0 heterocycles. The fraction of sp³-hybridized carbons (Fsp3) is 1.00. The fourth-order valence-electron chi connectivity index (χ4n) is 1.57. The van der Waals surface area contributed by atoms with Gasteiger partial charge in [-0.1, -0.05) is 13.8 Å². The van der Waals surface area contributed by atoms with Gasteiger partial charge in [0, 0.05) is 5.38 Å². The number of rotatable bonds is 0. The van der Waals surface area contributed by atoms with Crippen molar-refractivity contribution in [2.75, 3.05) is 0 Å². The molecule has 0 saturated heterocycles. The van der Waals surface area contributed by atoms with E-state index < -0.39 is 0 Å². The van der Waals surface area contributed by atoms with Gasteiger partial charge in [0.15, 0.2) is 0 Å². The summed E-state index contributed by atoms with van der Waals surface area (Å²) in [5.41, 5.74) is 0. The van der Waals surface area contributed by atoms with Gasteiger partial charge in [0.25, 0.3) is 0 Å². The Balaban J connectivity index is 2.49. The normalized spacial score (nSPS) is 49.2. The van der Waals surface area contributed by atoms with Crippen LogP contribution in [0.2, 0.25) is 0 Å². The van der Waals surface area contributed by atoms with E-state index in [4.69, 9.17) is 11.6 Å². The highest BCUT2D eigenvalue weighted by Crippen LogP contribution is 2.32. The first-order valence-electron chi connectivity index (χ1n) is 3.93. The van der Waals surface area contributed by atoms with E-state index >= 15 is 0 Å². The molecule has 2 heteroatoms. The molecule has 0 amide bonds. The summed E-state index contributed by atoms with van der Waals surface area (Å²) in [7, 11) is 0. The maximum absolute atomic E-state index is 9.43. The minimum atomic E-state index is -0.175. The second-order valence-corrected chi connectivity index (χ2v) is 4.09. The largest absolute Gasteiger partial charge is 0.393 e. The van der Waals surface area contributed by atoms with Crippen molar-refractivity contribution in [3.63, 3.8) is 0 Å². The van der Waals surface area contributed by atoms with E-state index in [-0.39, 0.29) is 11.5 Å². The average Bonchev–Trinajstić information content (AvgIpc) is 1.82. The second kappa shape index (κ2) is 3.10. The lowest BCUT2D eigenvalue weighted by atomic mass is 9.79. The Morgan fingerprint density at radius 1 is 1.30 bits per heavy atom. The number of alkyl halides is 1. The highest BCUT2D eigenvalue weighted by Gasteiger charge is 2.30. The summed E-state index contributed by atoms with van der Waals surface area (Å²) >= 11 is 5.91. The number of aliphatic hydroxyl groups is 1. The van der Waals surface area contributed by atoms with Crippen LogP contribution in [0, 0.1) is 11.8 Å². The summed E-state index contributed by atoms with van der Waals surface area (Å²) in [6, 6.07) is 0. The van der Waals surface area contributed by atoms with Gasteiger partial charge in [0.2, 0.25) is 0 Å². The molecule has 1 aliphatic rings. The van der Waals surface area contributed by atoms with Crippen molar-refractivity contribution in [3.8, 4) is 0 Å². The molecule has 0 bridgehead atoms. The number of halogens is 1. The first-order valence-corrected chi connectivity index (χ1v) is 4.37. The van der Waals surface area contributed by atoms with Gasteiger partial charge in [-0.2, -0.15) is 0 Å². The number of hydrogen-bond donors (Lipinski definition) is 1. The standard InChI is InChI=1S/C8H15ClO/c1-5-3-7(9)4-8(10)6(5)2/h5-8,10H,3-4H2,1-2H3. The van der Waals surface area contributed by atoms with Crippen LogP contribution in [0.25, 0.3) is 0 Å². The van der Waals surface area contributed by atoms with Crippen molar-refractivity contribution in [2.24, 2.45) is 11.8 Å². The molecule has 1 fully saturated rings. The molecule has 1 aliphatic carbocycles. The second-order valence-electron chi connectivity index (χ2n) is 3.47. The van der Waals surface area contributed by atoms with Gasteiger partial charge in [0.05, 0.1) is 6.10 Å². The quantitative estimate of drug-likeness (QED) is 0.541. The minimum Gasteiger partial charge on any atom is -0.393 e. The third-order valence-electron chi connectivity index (χ3n) is 2.63. The number of hydrogen-bond acceptors (Lipinski definition) is 1. The zero-order chi connectivity index (χ0) is 7.72. The van der Waals surface area contributed by atoms with E-state index in [2.05, 4.69) is 13.8 Å². The van der Waals surface area contributed by atoms with Crippen molar-refractivity contribution in [1.82, 2.24) is 0 Å². The van der Waals surface area contributed by atoms with Gasteiger partial charge >= 0.3 is 0 Å². The maximum Gasteiger partial charge on any atom is 0.0582 e. The SMILES string of the molecule is CC1CC(Cl)CC(O)C1C. The van der Waals surface area contributed by atoms with Gasteiger partial charge in [-0.15, -0.1) is 11.6 Å². The fourth-order valence-corrected chi connectivity index (χ4v) is 2.03. The van der Waals surface area contributed by atoms with Gasteiger partial charge in [-0.05, 0) is 24.7 Å². The summed E-state index contributed by atoms with van der Waals surface area (Å²) in [6.07, 6.45) is 1.65. The van der Waals surface area contributed by atoms with Gasteiger partial charge in [-0.25, -0.2) is 0 Å². The average molecular weight is 163 g/mol. The van der Waals surface area contributed by atoms with E-state index in [0.717, 1.165) is 12.8 Å². The molecular formula is C8H15ClO. The molecule has 10 heavy (non-hydrogen) atoms. The van der Waals surface area contributed by atoms with Crippen LogP contribution in [0.3, 0.4) is 0 Å². The van der Waals surface area contributed by atoms with Crippen LogP contribution in [-0.2, 0) is 0 Å². The molecular weight excluding hydrogens is 148 g/mol. The monoisotopic (exact) mass is 162 g/mol. The highest BCUT2D eigenvalue weighted by atomic mass is 35.5. The van der Waals surface area contributed by atoms with Gasteiger partial charge in [-0.3, -0.25) is 0 Å². The molecule has 0 aromatic carbocycles. The minimum absolute atomic E-state index is 0.175. The topological polar surface area (TPSA) is 20.2 Å². The summed E-state index contributed by atoms with van der Waals surface area (Å²) in [6.45, 7) is 4.25. The third-order valence-corrected chi connectivity index (χ3v) is 2.99. The van der Waals surface area contributed by atoms with Crippen molar-refractivity contribution >= 4 is 11.6 Å². The van der Waals surface area contributed by atoms with Crippen molar-refractivity contribution in [1.29, 1.82) is 0 Å². The smallest absolute Gasteiger partial charge is 0.0582 e. The van der Waals surface area contributed by atoms with Crippen LogP contribution in [-0.4, -0.2) is 16.6 Å². The van der Waals surface area contributed by atoms with Crippen molar-refractivity contribution < 1.29 is 5.11 Å². The molecule has 1 saturated carbocycles. The Morgan fingerprint density at radius 2 is 1.90 bits per heavy atom. The van der Waals surface area contributed by atoms with E-state index in [0.29, 0.717) is 11.8 Å². The van der Waals surface area contributed by atoms with Gasteiger partial charge in [0.1, 0.15) is 0 Å². The Morgan fingerprint density at radius 3 is 2.40 bits per heavy atom. The molecule has 0 aromatic heterocycles. The van der Waals surface area contributed by atoms with E-state index in [1.807, 2.05) is 0 Å². The van der Waals surface area contributed by atoms with Crippen molar-refractivity contribution in [3.05, 3.63) is 0 Å². The summed E-state index contributed by atoms with van der Waals surface area (Å²) < 4.78 is 0. The molecule has 1 N–H and O–H groups in total. The maximum atomic E-state index is 9.43. The molecule has 60 valence electrons. The first kappa shape index (κ1) is 8.35. The van der Waals surface area contributed by atoms with Crippen molar-refractivity contribution in [2.45, 2.75) is 38.2 Å². The van der Waals surface area contributed by atoms with Crippen LogP contribution in [0.5, 0.6) is 0 Å². The van der Waals surface area contributed by atoms with E-state index in [1.54, 1.807) is 0 Å². The predicted molar refractivity (Wildman–Crippen MR) is 43.2 cm³/mol. The van der Waals surface area contributed by atoms with Crippen LogP contribution in [0.15, 0.2) is 0 Å².